The van der Waals surface area contributed by atoms with Crippen LogP contribution >= 0.6 is 0 Å². The molecule has 0 saturated carbocycles. The van der Waals surface area contributed by atoms with Gasteiger partial charge in [0.15, 0.2) is 0 Å². The topological polar surface area (TPSA) is 50.7 Å². The van der Waals surface area contributed by atoms with Crippen molar-refractivity contribution >= 4 is 10.9 Å². The van der Waals surface area contributed by atoms with Crippen molar-refractivity contribution in [2.24, 2.45) is 7.05 Å². The largest absolute Gasteiger partial charge is 0.342 e. The average Bonchev–Trinajstić information content (AvgIpc) is 2.74. The van der Waals surface area contributed by atoms with E-state index < -0.39 is 0 Å². The number of aryl methyl sites for hydroxylation is 3. The summed E-state index contributed by atoms with van der Waals surface area (Å²) in [6.07, 6.45) is 3.64. The molecule has 0 fully saturated rings. The molecule has 19 heavy (non-hydrogen) atoms. The molecule has 0 bridgehead atoms. The van der Waals surface area contributed by atoms with Crippen molar-refractivity contribution in [3.05, 3.63) is 51.9 Å². The molecule has 4 nitrogen and oxygen atoms in total. The maximum atomic E-state index is 12.0. The van der Waals surface area contributed by atoms with Crippen LogP contribution in [0, 0.1) is 0 Å². The Kier molecular flexibility index (Phi) is 1.98. The van der Waals surface area contributed by atoms with Gasteiger partial charge in [-0.05, 0) is 24.0 Å². The lowest BCUT2D eigenvalue weighted by molar-refractivity contribution is 0.901. The van der Waals surface area contributed by atoms with E-state index >= 15 is 0 Å². The Morgan fingerprint density at radius 2 is 2.11 bits per heavy atom. The molecule has 0 radical (unpaired) electrons. The summed E-state index contributed by atoms with van der Waals surface area (Å²) in [4.78, 5) is 12.0. The first kappa shape index (κ1) is 10.6. The number of fused-ring (bicyclic) bond motifs is 5. The lowest BCUT2D eigenvalue weighted by Crippen LogP contribution is -2.10. The Balaban J connectivity index is 2.21. The van der Waals surface area contributed by atoms with Crippen molar-refractivity contribution < 1.29 is 0 Å². The van der Waals surface area contributed by atoms with E-state index in [1.54, 1.807) is 6.20 Å². The second-order valence-corrected chi connectivity index (χ2v) is 5.00. The van der Waals surface area contributed by atoms with Gasteiger partial charge < -0.3 is 4.57 Å². The third-order valence-corrected chi connectivity index (χ3v) is 4.04. The van der Waals surface area contributed by atoms with Gasteiger partial charge in [-0.1, -0.05) is 24.3 Å². The zero-order chi connectivity index (χ0) is 13.0. The van der Waals surface area contributed by atoms with Gasteiger partial charge in [0.25, 0.3) is 5.56 Å². The number of H-pyrrole nitrogens is 1. The van der Waals surface area contributed by atoms with Crippen molar-refractivity contribution in [1.82, 2.24) is 14.8 Å². The molecule has 1 aliphatic carbocycles. The molecule has 2 aromatic heterocycles. The second-order valence-electron chi connectivity index (χ2n) is 5.00. The van der Waals surface area contributed by atoms with E-state index in [9.17, 15) is 4.79 Å². The summed E-state index contributed by atoms with van der Waals surface area (Å²) >= 11 is 0. The molecule has 0 unspecified atom stereocenters. The highest BCUT2D eigenvalue weighted by atomic mass is 16.1. The van der Waals surface area contributed by atoms with Gasteiger partial charge in [-0.3, -0.25) is 4.79 Å². The first-order valence-electron chi connectivity index (χ1n) is 6.40. The lowest BCUT2D eigenvalue weighted by atomic mass is 9.89. The van der Waals surface area contributed by atoms with Crippen LogP contribution in [0.1, 0.15) is 11.1 Å². The number of nitrogens with one attached hydrogen (secondary N) is 1. The molecular weight excluding hydrogens is 238 g/mol. The molecule has 0 aliphatic heterocycles. The molecule has 1 aliphatic rings. The number of aromatic nitrogens is 3. The van der Waals surface area contributed by atoms with Crippen molar-refractivity contribution in [3.63, 3.8) is 0 Å². The van der Waals surface area contributed by atoms with Crippen molar-refractivity contribution in [2.45, 2.75) is 12.8 Å². The molecule has 2 heterocycles. The molecular formula is C15H13N3O. The van der Waals surface area contributed by atoms with Crippen LogP contribution in [0.2, 0.25) is 0 Å². The minimum atomic E-state index is -0.0891. The SMILES string of the molecule is Cn1c2c(c3c(=O)[nH]ncc31)CCc1ccccc1-2. The van der Waals surface area contributed by atoms with Crippen molar-refractivity contribution in [2.75, 3.05) is 0 Å². The Morgan fingerprint density at radius 3 is 3.00 bits per heavy atom. The normalized spacial score (nSPS) is 13.3. The van der Waals surface area contributed by atoms with Gasteiger partial charge in [-0.25, -0.2) is 5.10 Å². The predicted octanol–water partition coefficient (Wildman–Crippen LogP) is 2.03. The van der Waals surface area contributed by atoms with Crippen LogP contribution in [-0.2, 0) is 19.9 Å². The molecule has 0 saturated heterocycles. The first-order chi connectivity index (χ1) is 9.27. The Hall–Kier alpha value is -2.36. The number of rotatable bonds is 0. The molecule has 1 N–H and O–H groups in total. The van der Waals surface area contributed by atoms with Gasteiger partial charge in [0.2, 0.25) is 0 Å². The van der Waals surface area contributed by atoms with Crippen molar-refractivity contribution in [1.29, 1.82) is 0 Å². The van der Waals surface area contributed by atoms with Crippen LogP contribution in [0.15, 0.2) is 35.3 Å². The first-order valence-corrected chi connectivity index (χ1v) is 6.40. The van der Waals surface area contributed by atoms with E-state index in [2.05, 4.69) is 33.0 Å². The van der Waals surface area contributed by atoms with Crippen LogP contribution in [0.4, 0.5) is 0 Å². The van der Waals surface area contributed by atoms with Gasteiger partial charge in [0.05, 0.1) is 22.8 Å². The standard InChI is InChI=1S/C15H13N3O/c1-18-12-8-16-17-15(19)13(12)11-7-6-9-4-2-3-5-10(9)14(11)18/h2-5,8H,6-7H2,1H3,(H,17,19). The fourth-order valence-corrected chi connectivity index (χ4v) is 3.19. The Morgan fingerprint density at radius 1 is 1.26 bits per heavy atom. The Bertz CT molecular complexity index is 857. The van der Waals surface area contributed by atoms with Crippen LogP contribution in [0.25, 0.3) is 22.2 Å². The highest BCUT2D eigenvalue weighted by Gasteiger charge is 2.24. The van der Waals surface area contributed by atoms with Gasteiger partial charge in [0, 0.05) is 12.6 Å². The summed E-state index contributed by atoms with van der Waals surface area (Å²) in [5, 5.41) is 7.25. The summed E-state index contributed by atoms with van der Waals surface area (Å²) in [6, 6.07) is 8.42. The molecule has 0 amide bonds. The highest BCUT2D eigenvalue weighted by molar-refractivity contribution is 5.92. The van der Waals surface area contributed by atoms with E-state index in [1.165, 1.54) is 11.1 Å². The van der Waals surface area contributed by atoms with Crippen LogP contribution in [0.5, 0.6) is 0 Å². The Labute approximate surface area is 109 Å². The van der Waals surface area contributed by atoms with E-state index in [0.29, 0.717) is 0 Å². The number of aromatic amines is 1. The average molecular weight is 251 g/mol. The zero-order valence-electron chi connectivity index (χ0n) is 10.6. The number of hydrogen-bond donors (Lipinski definition) is 1. The fourth-order valence-electron chi connectivity index (χ4n) is 3.19. The number of benzene rings is 1. The summed E-state index contributed by atoms with van der Waals surface area (Å²) in [6.45, 7) is 0. The maximum Gasteiger partial charge on any atom is 0.273 e. The number of nitrogens with zero attached hydrogens (tertiary/aromatic N) is 2. The molecule has 4 rings (SSSR count). The van der Waals surface area contributed by atoms with Gasteiger partial charge in [-0.15, -0.1) is 0 Å². The van der Waals surface area contributed by atoms with Crippen molar-refractivity contribution in [3.8, 4) is 11.3 Å². The maximum absolute atomic E-state index is 12.0. The van der Waals surface area contributed by atoms with Gasteiger partial charge in [-0.2, -0.15) is 5.10 Å². The smallest absolute Gasteiger partial charge is 0.273 e. The quantitative estimate of drug-likeness (QED) is 0.664. The van der Waals surface area contributed by atoms with E-state index in [1.807, 2.05) is 13.1 Å². The molecule has 4 heteroatoms. The summed E-state index contributed by atoms with van der Waals surface area (Å²) in [5.74, 6) is 0. The third kappa shape index (κ3) is 1.28. The molecule has 0 spiro atoms. The molecule has 94 valence electrons. The molecule has 3 aromatic rings. The highest BCUT2D eigenvalue weighted by Crippen LogP contribution is 2.37. The summed E-state index contributed by atoms with van der Waals surface area (Å²) < 4.78 is 2.09. The third-order valence-electron chi connectivity index (χ3n) is 4.04. The minimum Gasteiger partial charge on any atom is -0.342 e. The minimum absolute atomic E-state index is 0.0891. The summed E-state index contributed by atoms with van der Waals surface area (Å²) in [5.41, 5.74) is 5.72. The lowest BCUT2D eigenvalue weighted by Gasteiger charge is -2.18. The summed E-state index contributed by atoms with van der Waals surface area (Å²) in [7, 11) is 2.00. The van der Waals surface area contributed by atoms with Gasteiger partial charge in [0.1, 0.15) is 0 Å². The van der Waals surface area contributed by atoms with Crippen LogP contribution in [-0.4, -0.2) is 14.8 Å². The zero-order valence-corrected chi connectivity index (χ0v) is 10.6. The molecule has 0 atom stereocenters. The molecule has 1 aromatic carbocycles. The monoisotopic (exact) mass is 251 g/mol. The van der Waals surface area contributed by atoms with E-state index in [4.69, 9.17) is 0 Å². The number of hydrogen-bond acceptors (Lipinski definition) is 2. The van der Waals surface area contributed by atoms with E-state index in [-0.39, 0.29) is 5.56 Å². The van der Waals surface area contributed by atoms with Gasteiger partial charge >= 0.3 is 0 Å². The van der Waals surface area contributed by atoms with E-state index in [0.717, 1.165) is 35.0 Å². The predicted molar refractivity (Wildman–Crippen MR) is 74.2 cm³/mol. The second kappa shape index (κ2) is 3.57. The van der Waals surface area contributed by atoms with Crippen LogP contribution < -0.4 is 5.56 Å². The fraction of sp³-hybridized carbons (Fsp3) is 0.200. The van der Waals surface area contributed by atoms with Crippen LogP contribution in [0.3, 0.4) is 0 Å².